The van der Waals surface area contributed by atoms with Crippen LogP contribution in [0.1, 0.15) is 20.3 Å². The maximum atomic E-state index is 11.4. The first-order chi connectivity index (χ1) is 7.73. The molecule has 17 heavy (non-hydrogen) atoms. The van der Waals surface area contributed by atoms with E-state index < -0.39 is 42.2 Å². The van der Waals surface area contributed by atoms with Gasteiger partial charge in [0.25, 0.3) is 0 Å². The summed E-state index contributed by atoms with van der Waals surface area (Å²) in [6, 6.07) is -2.28. The fraction of sp³-hybridized carbons (Fsp3) is 0.556. The molecule has 0 radical (unpaired) electrons. The van der Waals surface area contributed by atoms with E-state index in [1.807, 2.05) is 0 Å². The minimum Gasteiger partial charge on any atom is -0.480 e. The Balaban J connectivity index is 4.44. The van der Waals surface area contributed by atoms with Gasteiger partial charge in [-0.3, -0.25) is 14.4 Å². The molecule has 1 unspecified atom stereocenters. The summed E-state index contributed by atoms with van der Waals surface area (Å²) >= 11 is 0. The van der Waals surface area contributed by atoms with Crippen LogP contribution in [0.2, 0.25) is 0 Å². The number of carboxylic acids is 1. The van der Waals surface area contributed by atoms with Gasteiger partial charge in [0.1, 0.15) is 12.1 Å². The van der Waals surface area contributed by atoms with Gasteiger partial charge in [-0.05, 0) is 6.92 Å². The fourth-order valence-corrected chi connectivity index (χ4v) is 1.07. The summed E-state index contributed by atoms with van der Waals surface area (Å²) in [5.41, 5.74) is 4.84. The Hall–Kier alpha value is -2.12. The van der Waals surface area contributed by atoms with Crippen LogP contribution in [0.15, 0.2) is 0 Å². The molecule has 0 saturated heterocycles. The molecule has 2 atom stereocenters. The van der Waals surface area contributed by atoms with E-state index in [0.29, 0.717) is 0 Å². The Kier molecular flexibility index (Phi) is 5.65. The maximum Gasteiger partial charge on any atom is 0.326 e. The van der Waals surface area contributed by atoms with Gasteiger partial charge >= 0.3 is 5.97 Å². The summed E-state index contributed by atoms with van der Waals surface area (Å²) in [4.78, 5) is 43.4. The standard InChI is InChI=1S/C9H15N3O5/c1-4(11-5(2)13)8(15)12-6(9(16)17)3-7(10)14/h4,6H,3H2,1-2H3,(H2,10,14)(H,11,13)(H,12,15)(H,16,17)/t4?,6-/m0/s1. The molecule has 0 aliphatic heterocycles. The van der Waals surface area contributed by atoms with E-state index >= 15 is 0 Å². The van der Waals surface area contributed by atoms with Crippen molar-refractivity contribution >= 4 is 23.7 Å². The number of primary amides is 1. The number of carbonyl (C=O) groups excluding carboxylic acids is 3. The van der Waals surface area contributed by atoms with Crippen molar-refractivity contribution in [3.8, 4) is 0 Å². The first-order valence-corrected chi connectivity index (χ1v) is 4.82. The van der Waals surface area contributed by atoms with Gasteiger partial charge < -0.3 is 21.5 Å². The smallest absolute Gasteiger partial charge is 0.326 e. The Morgan fingerprint density at radius 2 is 1.76 bits per heavy atom. The Labute approximate surface area is 97.5 Å². The van der Waals surface area contributed by atoms with Gasteiger partial charge in [-0.1, -0.05) is 0 Å². The molecule has 0 rings (SSSR count). The molecule has 0 saturated carbocycles. The van der Waals surface area contributed by atoms with Crippen molar-refractivity contribution in [3.63, 3.8) is 0 Å². The topological polar surface area (TPSA) is 139 Å². The lowest BCUT2D eigenvalue weighted by Crippen LogP contribution is -2.51. The van der Waals surface area contributed by atoms with E-state index in [0.717, 1.165) is 0 Å². The van der Waals surface area contributed by atoms with Crippen LogP contribution in [0.25, 0.3) is 0 Å². The van der Waals surface area contributed by atoms with Crippen molar-refractivity contribution in [3.05, 3.63) is 0 Å². The zero-order chi connectivity index (χ0) is 13.6. The third-order valence-electron chi connectivity index (χ3n) is 1.83. The number of hydrogen-bond acceptors (Lipinski definition) is 4. The van der Waals surface area contributed by atoms with Crippen LogP contribution in [0, 0.1) is 0 Å². The van der Waals surface area contributed by atoms with Crippen molar-refractivity contribution in [2.75, 3.05) is 0 Å². The first-order valence-electron chi connectivity index (χ1n) is 4.82. The van der Waals surface area contributed by atoms with E-state index in [4.69, 9.17) is 10.8 Å². The van der Waals surface area contributed by atoms with Gasteiger partial charge in [0.2, 0.25) is 17.7 Å². The van der Waals surface area contributed by atoms with E-state index in [9.17, 15) is 19.2 Å². The summed E-state index contributed by atoms with van der Waals surface area (Å²) in [5, 5.41) is 13.1. The monoisotopic (exact) mass is 245 g/mol. The minimum atomic E-state index is -1.39. The summed E-state index contributed by atoms with van der Waals surface area (Å²) in [7, 11) is 0. The van der Waals surface area contributed by atoms with E-state index in [1.165, 1.54) is 13.8 Å². The molecule has 0 fully saturated rings. The van der Waals surface area contributed by atoms with Crippen molar-refractivity contribution in [2.45, 2.75) is 32.4 Å². The number of nitrogens with one attached hydrogen (secondary N) is 2. The third kappa shape index (κ3) is 6.13. The lowest BCUT2D eigenvalue weighted by molar-refractivity contribution is -0.143. The number of rotatable bonds is 6. The number of hydrogen-bond donors (Lipinski definition) is 4. The SMILES string of the molecule is CC(=O)NC(C)C(=O)N[C@@H](CC(N)=O)C(=O)O. The lowest BCUT2D eigenvalue weighted by atomic mass is 10.2. The number of aliphatic carboxylic acids is 1. The van der Waals surface area contributed by atoms with Gasteiger partial charge in [-0.15, -0.1) is 0 Å². The van der Waals surface area contributed by atoms with Gasteiger partial charge in [-0.2, -0.15) is 0 Å². The molecule has 8 nitrogen and oxygen atoms in total. The zero-order valence-electron chi connectivity index (χ0n) is 9.52. The highest BCUT2D eigenvalue weighted by molar-refractivity contribution is 5.91. The molecule has 0 bridgehead atoms. The molecule has 0 aromatic heterocycles. The normalized spacial score (nSPS) is 13.3. The number of carbonyl (C=O) groups is 4. The number of amides is 3. The van der Waals surface area contributed by atoms with E-state index in [2.05, 4.69) is 10.6 Å². The second-order valence-corrected chi connectivity index (χ2v) is 3.49. The first kappa shape index (κ1) is 14.9. The lowest BCUT2D eigenvalue weighted by Gasteiger charge is -2.17. The van der Waals surface area contributed by atoms with E-state index in [1.54, 1.807) is 0 Å². The van der Waals surface area contributed by atoms with Crippen LogP contribution in [-0.2, 0) is 19.2 Å². The molecule has 0 heterocycles. The van der Waals surface area contributed by atoms with Crippen LogP contribution in [0.3, 0.4) is 0 Å². The summed E-state index contributed by atoms with van der Waals surface area (Å²) in [6.07, 6.45) is -0.506. The molecular formula is C9H15N3O5. The molecule has 96 valence electrons. The van der Waals surface area contributed by atoms with E-state index in [-0.39, 0.29) is 0 Å². The molecule has 8 heteroatoms. The largest absolute Gasteiger partial charge is 0.480 e. The average Bonchev–Trinajstić information content (AvgIpc) is 2.14. The second-order valence-electron chi connectivity index (χ2n) is 3.49. The molecular weight excluding hydrogens is 230 g/mol. The van der Waals surface area contributed by atoms with Gasteiger partial charge in [-0.25, -0.2) is 4.79 Å². The average molecular weight is 245 g/mol. The summed E-state index contributed by atoms with van der Waals surface area (Å²) in [6.45, 7) is 2.61. The van der Waals surface area contributed by atoms with Crippen molar-refractivity contribution < 1.29 is 24.3 Å². The van der Waals surface area contributed by atoms with Gasteiger partial charge in [0, 0.05) is 6.92 Å². The minimum absolute atomic E-state index is 0.422. The Morgan fingerprint density at radius 3 is 2.12 bits per heavy atom. The van der Waals surface area contributed by atoms with Crippen LogP contribution < -0.4 is 16.4 Å². The van der Waals surface area contributed by atoms with Crippen molar-refractivity contribution in [1.82, 2.24) is 10.6 Å². The summed E-state index contributed by atoms with van der Waals surface area (Å²) in [5.74, 6) is -3.33. The van der Waals surface area contributed by atoms with Crippen LogP contribution in [-0.4, -0.2) is 40.9 Å². The highest BCUT2D eigenvalue weighted by atomic mass is 16.4. The highest BCUT2D eigenvalue weighted by Crippen LogP contribution is 1.93. The maximum absolute atomic E-state index is 11.4. The number of nitrogens with two attached hydrogens (primary N) is 1. The molecule has 3 amide bonds. The molecule has 0 spiro atoms. The number of carboxylic acid groups (broad SMARTS) is 1. The highest BCUT2D eigenvalue weighted by Gasteiger charge is 2.24. The predicted molar refractivity (Wildman–Crippen MR) is 56.7 cm³/mol. The molecule has 0 aliphatic carbocycles. The van der Waals surface area contributed by atoms with Crippen LogP contribution >= 0.6 is 0 Å². The quantitative estimate of drug-likeness (QED) is 0.427. The van der Waals surface area contributed by atoms with Gasteiger partial charge in [0.05, 0.1) is 6.42 Å². The second kappa shape index (κ2) is 6.46. The Bertz CT molecular complexity index is 342. The van der Waals surface area contributed by atoms with Crippen molar-refractivity contribution in [1.29, 1.82) is 0 Å². The third-order valence-corrected chi connectivity index (χ3v) is 1.83. The van der Waals surface area contributed by atoms with Crippen LogP contribution in [0.4, 0.5) is 0 Å². The zero-order valence-corrected chi connectivity index (χ0v) is 9.52. The molecule has 0 aromatic carbocycles. The van der Waals surface area contributed by atoms with Crippen LogP contribution in [0.5, 0.6) is 0 Å². The van der Waals surface area contributed by atoms with Crippen molar-refractivity contribution in [2.24, 2.45) is 5.73 Å². The fourth-order valence-electron chi connectivity index (χ4n) is 1.07. The van der Waals surface area contributed by atoms with Gasteiger partial charge in [0.15, 0.2) is 0 Å². The molecule has 5 N–H and O–H groups in total. The molecule has 0 aromatic rings. The Morgan fingerprint density at radius 1 is 1.24 bits per heavy atom. The summed E-state index contributed by atoms with van der Waals surface area (Å²) < 4.78 is 0. The molecule has 0 aliphatic rings. The predicted octanol–water partition coefficient (Wildman–Crippen LogP) is -2.04.